The SMILES string of the molecule is CCNC(=O)C1=C(C)NC(c2c(F)cc(F)cc2F)=N[C@H]1c1ccc(F)cc1Cl. The molecule has 0 fully saturated rings. The van der Waals surface area contributed by atoms with Crippen molar-refractivity contribution in [1.82, 2.24) is 10.6 Å². The van der Waals surface area contributed by atoms with Crippen molar-refractivity contribution in [2.45, 2.75) is 19.9 Å². The van der Waals surface area contributed by atoms with Gasteiger partial charge in [0.05, 0.1) is 11.1 Å². The molecule has 4 nitrogen and oxygen atoms in total. The quantitative estimate of drug-likeness (QED) is 0.713. The average Bonchev–Trinajstić information content (AvgIpc) is 2.60. The van der Waals surface area contributed by atoms with E-state index in [1.165, 1.54) is 13.0 Å². The van der Waals surface area contributed by atoms with Crippen LogP contribution in [0.3, 0.4) is 0 Å². The molecule has 9 heteroatoms. The Kier molecular flexibility index (Phi) is 5.93. The van der Waals surface area contributed by atoms with Gasteiger partial charge in [0, 0.05) is 35.0 Å². The standard InChI is InChI=1S/C20H16ClF4N3O/c1-3-26-20(29)16-9(2)27-19(17-14(24)7-11(23)8-15(17)25)28-18(16)12-5-4-10(22)6-13(12)21/h4-8,18H,3H2,1-2H3,(H,26,29)(H,27,28)/t18-/m0/s1. The Morgan fingerprint density at radius 2 is 1.79 bits per heavy atom. The fourth-order valence-electron chi connectivity index (χ4n) is 3.07. The van der Waals surface area contributed by atoms with Gasteiger partial charge in [-0.3, -0.25) is 9.79 Å². The Morgan fingerprint density at radius 3 is 2.38 bits per heavy atom. The summed E-state index contributed by atoms with van der Waals surface area (Å²) in [5.74, 6) is -4.69. The molecule has 2 aromatic rings. The van der Waals surface area contributed by atoms with Gasteiger partial charge in [0.1, 0.15) is 35.1 Å². The number of amidine groups is 1. The highest BCUT2D eigenvalue weighted by molar-refractivity contribution is 6.31. The summed E-state index contributed by atoms with van der Waals surface area (Å²) in [6.07, 6.45) is 0. The normalized spacial score (nSPS) is 16.4. The maximum atomic E-state index is 14.3. The molecule has 0 radical (unpaired) electrons. The zero-order valence-electron chi connectivity index (χ0n) is 15.4. The van der Waals surface area contributed by atoms with Crippen LogP contribution in [0, 0.1) is 23.3 Å². The van der Waals surface area contributed by atoms with Crippen molar-refractivity contribution >= 4 is 23.3 Å². The van der Waals surface area contributed by atoms with Crippen molar-refractivity contribution in [3.63, 3.8) is 0 Å². The number of allylic oxidation sites excluding steroid dienone is 1. The van der Waals surface area contributed by atoms with Crippen LogP contribution in [0.2, 0.25) is 5.02 Å². The Labute approximate surface area is 169 Å². The summed E-state index contributed by atoms with van der Waals surface area (Å²) in [7, 11) is 0. The summed E-state index contributed by atoms with van der Waals surface area (Å²) in [4.78, 5) is 16.9. The van der Waals surface area contributed by atoms with Crippen molar-refractivity contribution in [3.05, 3.63) is 81.0 Å². The highest BCUT2D eigenvalue weighted by Crippen LogP contribution is 2.36. The number of halogens is 5. The first-order valence-corrected chi connectivity index (χ1v) is 9.04. The molecule has 1 aliphatic rings. The highest BCUT2D eigenvalue weighted by Gasteiger charge is 2.32. The van der Waals surface area contributed by atoms with Crippen LogP contribution in [-0.2, 0) is 4.79 Å². The molecule has 152 valence electrons. The van der Waals surface area contributed by atoms with E-state index in [4.69, 9.17) is 11.6 Å². The lowest BCUT2D eigenvalue weighted by atomic mass is 9.94. The van der Waals surface area contributed by atoms with Crippen LogP contribution in [0.4, 0.5) is 17.6 Å². The Morgan fingerprint density at radius 1 is 1.14 bits per heavy atom. The third-order valence-corrected chi connectivity index (χ3v) is 4.65. The summed E-state index contributed by atoms with van der Waals surface area (Å²) in [6.45, 7) is 3.59. The third-order valence-electron chi connectivity index (χ3n) is 4.32. The van der Waals surface area contributed by atoms with Gasteiger partial charge in [-0.2, -0.15) is 0 Å². The number of likely N-dealkylation sites (N-methyl/N-ethyl adjacent to an activating group) is 1. The molecule has 1 aliphatic heterocycles. The van der Waals surface area contributed by atoms with Gasteiger partial charge in [0.2, 0.25) is 0 Å². The molecular formula is C20H16ClF4N3O. The van der Waals surface area contributed by atoms with Gasteiger partial charge in [-0.05, 0) is 26.0 Å². The molecule has 0 spiro atoms. The van der Waals surface area contributed by atoms with Gasteiger partial charge in [0.15, 0.2) is 0 Å². The lowest BCUT2D eigenvalue weighted by Gasteiger charge is -2.27. The molecule has 2 aromatic carbocycles. The first kappa shape index (κ1) is 20.9. The molecule has 1 amide bonds. The van der Waals surface area contributed by atoms with Gasteiger partial charge in [-0.25, -0.2) is 17.6 Å². The number of carbonyl (C=O) groups excluding carboxylic acids is 1. The van der Waals surface area contributed by atoms with Crippen LogP contribution in [0.1, 0.15) is 31.0 Å². The number of nitrogens with one attached hydrogen (secondary N) is 2. The lowest BCUT2D eigenvalue weighted by molar-refractivity contribution is -0.117. The number of hydrogen-bond acceptors (Lipinski definition) is 3. The Hall–Kier alpha value is -2.87. The summed E-state index contributed by atoms with van der Waals surface area (Å²) in [5, 5.41) is 5.34. The highest BCUT2D eigenvalue weighted by atomic mass is 35.5. The molecule has 0 unspecified atom stereocenters. The van der Waals surface area contributed by atoms with Gasteiger partial charge in [-0.1, -0.05) is 17.7 Å². The number of amides is 1. The first-order chi connectivity index (χ1) is 13.7. The first-order valence-electron chi connectivity index (χ1n) is 8.66. The van der Waals surface area contributed by atoms with Crippen LogP contribution in [0.25, 0.3) is 0 Å². The summed E-state index contributed by atoms with van der Waals surface area (Å²) >= 11 is 6.15. The fraction of sp³-hybridized carbons (Fsp3) is 0.200. The minimum absolute atomic E-state index is 0.00496. The second-order valence-electron chi connectivity index (χ2n) is 6.31. The molecule has 0 aromatic heterocycles. The van der Waals surface area contributed by atoms with Crippen molar-refractivity contribution in [2.24, 2.45) is 4.99 Å². The van der Waals surface area contributed by atoms with Crippen LogP contribution in [0.15, 0.2) is 46.6 Å². The summed E-state index contributed by atoms with van der Waals surface area (Å²) in [5.41, 5.74) is 0.126. The maximum absolute atomic E-state index is 14.3. The number of rotatable bonds is 4. The number of aliphatic imine (C=N–C) groups is 1. The van der Waals surface area contributed by atoms with Crippen molar-refractivity contribution < 1.29 is 22.4 Å². The van der Waals surface area contributed by atoms with Crippen molar-refractivity contribution in [2.75, 3.05) is 6.54 Å². The summed E-state index contributed by atoms with van der Waals surface area (Å²) < 4.78 is 55.4. The van der Waals surface area contributed by atoms with E-state index in [0.717, 1.165) is 12.1 Å². The fourth-order valence-corrected chi connectivity index (χ4v) is 3.34. The van der Waals surface area contributed by atoms with Crippen molar-refractivity contribution in [1.29, 1.82) is 0 Å². The number of carbonyl (C=O) groups is 1. The van der Waals surface area contributed by atoms with Gasteiger partial charge >= 0.3 is 0 Å². The van der Waals surface area contributed by atoms with Crippen LogP contribution in [-0.4, -0.2) is 18.3 Å². The molecule has 1 heterocycles. The third kappa shape index (κ3) is 4.12. The van der Waals surface area contributed by atoms with E-state index in [0.29, 0.717) is 18.7 Å². The topological polar surface area (TPSA) is 53.5 Å². The molecule has 0 bridgehead atoms. The molecule has 1 atom stereocenters. The number of hydrogen-bond donors (Lipinski definition) is 2. The minimum Gasteiger partial charge on any atom is -0.352 e. The van der Waals surface area contributed by atoms with Crippen molar-refractivity contribution in [3.8, 4) is 0 Å². The molecule has 2 N–H and O–H groups in total. The predicted octanol–water partition coefficient (Wildman–Crippen LogP) is 4.40. The van der Waals surface area contributed by atoms with Gasteiger partial charge in [0.25, 0.3) is 5.91 Å². The molecule has 3 rings (SSSR count). The van der Waals surface area contributed by atoms with Gasteiger partial charge < -0.3 is 10.6 Å². The van der Waals surface area contributed by atoms with Crippen LogP contribution in [0.5, 0.6) is 0 Å². The average molecular weight is 426 g/mol. The van der Waals surface area contributed by atoms with E-state index in [2.05, 4.69) is 15.6 Å². The predicted molar refractivity (Wildman–Crippen MR) is 102 cm³/mol. The second-order valence-corrected chi connectivity index (χ2v) is 6.72. The zero-order valence-corrected chi connectivity index (χ0v) is 16.2. The molecule has 0 saturated heterocycles. The number of nitrogens with zero attached hydrogens (tertiary/aromatic N) is 1. The van der Waals surface area contributed by atoms with E-state index in [9.17, 15) is 22.4 Å². The zero-order chi connectivity index (χ0) is 21.3. The largest absolute Gasteiger partial charge is 0.352 e. The summed E-state index contributed by atoms with van der Waals surface area (Å²) in [6, 6.07) is 3.54. The minimum atomic E-state index is -1.16. The second kappa shape index (κ2) is 8.24. The molecule has 0 aliphatic carbocycles. The van der Waals surface area contributed by atoms with Crippen LogP contribution < -0.4 is 10.6 Å². The molecule has 29 heavy (non-hydrogen) atoms. The van der Waals surface area contributed by atoms with E-state index < -0.39 is 40.8 Å². The van der Waals surface area contributed by atoms with E-state index in [1.54, 1.807) is 6.92 Å². The molecule has 0 saturated carbocycles. The molecular weight excluding hydrogens is 410 g/mol. The van der Waals surface area contributed by atoms with E-state index >= 15 is 0 Å². The van der Waals surface area contributed by atoms with E-state index in [-0.39, 0.29) is 27.7 Å². The lowest BCUT2D eigenvalue weighted by Crippen LogP contribution is -2.37. The maximum Gasteiger partial charge on any atom is 0.251 e. The number of benzene rings is 2. The monoisotopic (exact) mass is 425 g/mol. The van der Waals surface area contributed by atoms with E-state index in [1.807, 2.05) is 0 Å². The Balaban J connectivity index is 2.19. The Bertz CT molecular complexity index is 1030. The van der Waals surface area contributed by atoms with Gasteiger partial charge in [-0.15, -0.1) is 0 Å². The van der Waals surface area contributed by atoms with Crippen LogP contribution >= 0.6 is 11.6 Å². The smallest absolute Gasteiger partial charge is 0.251 e.